The predicted molar refractivity (Wildman–Crippen MR) is 121 cm³/mol. The molecule has 0 amide bonds. The third-order valence-corrected chi connectivity index (χ3v) is 4.51. The van der Waals surface area contributed by atoms with Gasteiger partial charge in [0, 0.05) is 63.1 Å². The Balaban J connectivity index is 0.00000338. The number of methoxy groups -OCH3 is 1. The van der Waals surface area contributed by atoms with Gasteiger partial charge >= 0.3 is 0 Å². The van der Waals surface area contributed by atoms with Crippen molar-refractivity contribution in [3.63, 3.8) is 0 Å². The van der Waals surface area contributed by atoms with Crippen LogP contribution in [0.1, 0.15) is 13.3 Å². The first-order chi connectivity index (χ1) is 12.1. The summed E-state index contributed by atoms with van der Waals surface area (Å²) in [6, 6.07) is 8.25. The molecule has 1 heterocycles. The number of benzene rings is 1. The second-order valence-corrected chi connectivity index (χ2v) is 6.87. The highest BCUT2D eigenvalue weighted by Gasteiger charge is 2.16. The van der Waals surface area contributed by atoms with Gasteiger partial charge in [-0.25, -0.2) is 0 Å². The van der Waals surface area contributed by atoms with Gasteiger partial charge in [0.1, 0.15) is 0 Å². The summed E-state index contributed by atoms with van der Waals surface area (Å²) >= 11 is 6.08. The normalized spacial score (nSPS) is 16.9. The Morgan fingerprint density at radius 2 is 2.08 bits per heavy atom. The zero-order valence-corrected chi connectivity index (χ0v) is 18.7. The Labute approximate surface area is 179 Å². The predicted octanol–water partition coefficient (Wildman–Crippen LogP) is 2.41. The molecule has 148 valence electrons. The van der Waals surface area contributed by atoms with Crippen molar-refractivity contribution in [2.24, 2.45) is 10.7 Å². The SMILES string of the molecule is COCC(C)NC(N)=NCCCN1CCN(c2cccc(Cl)c2)CC1.I. The average Bonchev–Trinajstić information content (AvgIpc) is 2.59. The van der Waals surface area contributed by atoms with E-state index in [-0.39, 0.29) is 30.0 Å². The molecule has 8 heteroatoms. The Hall–Kier alpha value is -0.770. The molecule has 0 bridgehead atoms. The molecular formula is C18H31ClIN5O. The van der Waals surface area contributed by atoms with E-state index in [1.807, 2.05) is 25.1 Å². The molecule has 1 unspecified atom stereocenters. The van der Waals surface area contributed by atoms with Crippen LogP contribution in [0.2, 0.25) is 5.02 Å². The van der Waals surface area contributed by atoms with E-state index in [9.17, 15) is 0 Å². The molecule has 1 aromatic carbocycles. The van der Waals surface area contributed by atoms with E-state index in [2.05, 4.69) is 26.2 Å². The Morgan fingerprint density at radius 3 is 2.73 bits per heavy atom. The van der Waals surface area contributed by atoms with Crippen molar-refractivity contribution in [3.05, 3.63) is 29.3 Å². The van der Waals surface area contributed by atoms with Gasteiger partial charge in [0.25, 0.3) is 0 Å². The summed E-state index contributed by atoms with van der Waals surface area (Å²) in [6.07, 6.45) is 1.01. The van der Waals surface area contributed by atoms with Crippen molar-refractivity contribution in [2.75, 3.05) is 57.9 Å². The minimum absolute atomic E-state index is 0. The highest BCUT2D eigenvalue weighted by atomic mass is 127. The van der Waals surface area contributed by atoms with Gasteiger partial charge in [0.05, 0.1) is 6.61 Å². The minimum Gasteiger partial charge on any atom is -0.383 e. The standard InChI is InChI=1S/C18H30ClN5O.HI/c1-15(14-25-2)22-18(20)21-7-4-8-23-9-11-24(12-10-23)17-6-3-5-16(19)13-17;/h3,5-6,13,15H,4,7-12,14H2,1-2H3,(H3,20,21,22);1H. The van der Waals surface area contributed by atoms with Gasteiger partial charge in [0.2, 0.25) is 0 Å². The van der Waals surface area contributed by atoms with Crippen molar-refractivity contribution < 1.29 is 4.74 Å². The zero-order chi connectivity index (χ0) is 18.1. The summed E-state index contributed by atoms with van der Waals surface area (Å²) in [7, 11) is 1.68. The molecule has 1 aliphatic rings. The molecule has 1 aromatic rings. The second kappa shape index (κ2) is 12.6. The van der Waals surface area contributed by atoms with Gasteiger partial charge in [0.15, 0.2) is 5.96 Å². The molecule has 0 aromatic heterocycles. The molecule has 0 spiro atoms. The van der Waals surface area contributed by atoms with Gasteiger partial charge in [-0.3, -0.25) is 9.89 Å². The van der Waals surface area contributed by atoms with Crippen LogP contribution in [-0.4, -0.2) is 69.9 Å². The lowest BCUT2D eigenvalue weighted by atomic mass is 10.2. The lowest BCUT2D eigenvalue weighted by Gasteiger charge is -2.36. The van der Waals surface area contributed by atoms with Gasteiger partial charge in [-0.1, -0.05) is 17.7 Å². The van der Waals surface area contributed by atoms with E-state index < -0.39 is 0 Å². The van der Waals surface area contributed by atoms with E-state index in [0.717, 1.165) is 50.7 Å². The van der Waals surface area contributed by atoms with Crippen LogP contribution in [-0.2, 0) is 4.74 Å². The highest BCUT2D eigenvalue weighted by molar-refractivity contribution is 14.0. The smallest absolute Gasteiger partial charge is 0.188 e. The second-order valence-electron chi connectivity index (χ2n) is 6.43. The van der Waals surface area contributed by atoms with Crippen LogP contribution in [0.4, 0.5) is 5.69 Å². The number of nitrogens with two attached hydrogens (primary N) is 1. The van der Waals surface area contributed by atoms with E-state index in [1.54, 1.807) is 7.11 Å². The van der Waals surface area contributed by atoms with Crippen LogP contribution in [0.25, 0.3) is 0 Å². The molecule has 1 saturated heterocycles. The Morgan fingerprint density at radius 1 is 1.35 bits per heavy atom. The number of guanidine groups is 1. The van der Waals surface area contributed by atoms with E-state index in [0.29, 0.717) is 12.6 Å². The van der Waals surface area contributed by atoms with Gasteiger partial charge < -0.3 is 20.7 Å². The maximum absolute atomic E-state index is 6.08. The van der Waals surface area contributed by atoms with E-state index in [4.69, 9.17) is 22.1 Å². The molecule has 2 rings (SSSR count). The van der Waals surface area contributed by atoms with Crippen LogP contribution in [0, 0.1) is 0 Å². The maximum Gasteiger partial charge on any atom is 0.188 e. The van der Waals surface area contributed by atoms with Crippen molar-refractivity contribution >= 4 is 47.2 Å². The van der Waals surface area contributed by atoms with E-state index in [1.165, 1.54) is 5.69 Å². The lowest BCUT2D eigenvalue weighted by molar-refractivity contribution is 0.179. The van der Waals surface area contributed by atoms with Gasteiger partial charge in [-0.05, 0) is 31.5 Å². The molecule has 3 N–H and O–H groups in total. The topological polar surface area (TPSA) is 66.1 Å². The van der Waals surface area contributed by atoms with Gasteiger partial charge in [-0.15, -0.1) is 24.0 Å². The highest BCUT2D eigenvalue weighted by Crippen LogP contribution is 2.20. The summed E-state index contributed by atoms with van der Waals surface area (Å²) < 4.78 is 5.07. The van der Waals surface area contributed by atoms with Crippen molar-refractivity contribution in [1.82, 2.24) is 10.2 Å². The first-order valence-corrected chi connectivity index (χ1v) is 9.24. The summed E-state index contributed by atoms with van der Waals surface area (Å²) in [5.41, 5.74) is 7.08. The number of ether oxygens (including phenoxy) is 1. The molecule has 6 nitrogen and oxygen atoms in total. The third-order valence-electron chi connectivity index (χ3n) is 4.27. The molecule has 0 saturated carbocycles. The fourth-order valence-electron chi connectivity index (χ4n) is 2.99. The number of hydrogen-bond donors (Lipinski definition) is 2. The number of aliphatic imine (C=N–C) groups is 1. The number of rotatable bonds is 8. The first-order valence-electron chi connectivity index (χ1n) is 8.86. The fraction of sp³-hybridized carbons (Fsp3) is 0.611. The summed E-state index contributed by atoms with van der Waals surface area (Å²) in [6.45, 7) is 8.62. The maximum atomic E-state index is 6.08. The molecular weight excluding hydrogens is 465 g/mol. The molecule has 0 radical (unpaired) electrons. The lowest BCUT2D eigenvalue weighted by Crippen LogP contribution is -2.46. The van der Waals surface area contributed by atoms with E-state index >= 15 is 0 Å². The number of halogens is 2. The zero-order valence-electron chi connectivity index (χ0n) is 15.7. The molecule has 1 aliphatic heterocycles. The average molecular weight is 496 g/mol. The molecule has 26 heavy (non-hydrogen) atoms. The van der Waals surface area contributed by atoms with Crippen molar-refractivity contribution in [2.45, 2.75) is 19.4 Å². The Bertz CT molecular complexity index is 552. The molecule has 0 aliphatic carbocycles. The van der Waals surface area contributed by atoms with Crippen molar-refractivity contribution in [3.8, 4) is 0 Å². The first kappa shape index (κ1) is 23.3. The number of nitrogens with zero attached hydrogens (tertiary/aromatic N) is 3. The number of anilines is 1. The number of piperazine rings is 1. The minimum atomic E-state index is 0. The Kier molecular flexibility index (Phi) is 11.3. The van der Waals surface area contributed by atoms with Crippen LogP contribution in [0.3, 0.4) is 0 Å². The fourth-order valence-corrected chi connectivity index (χ4v) is 3.17. The van der Waals surface area contributed by atoms with Crippen LogP contribution >= 0.6 is 35.6 Å². The quantitative estimate of drug-likeness (QED) is 0.251. The summed E-state index contributed by atoms with van der Waals surface area (Å²) in [5.74, 6) is 0.496. The van der Waals surface area contributed by atoms with Crippen LogP contribution in [0.15, 0.2) is 29.3 Å². The summed E-state index contributed by atoms with van der Waals surface area (Å²) in [5, 5.41) is 3.91. The summed E-state index contributed by atoms with van der Waals surface area (Å²) in [4.78, 5) is 9.25. The monoisotopic (exact) mass is 495 g/mol. The molecule has 1 atom stereocenters. The largest absolute Gasteiger partial charge is 0.383 e. The number of nitrogens with one attached hydrogen (secondary N) is 1. The third kappa shape index (κ3) is 8.28. The van der Waals surface area contributed by atoms with Crippen molar-refractivity contribution in [1.29, 1.82) is 0 Å². The van der Waals surface area contributed by atoms with Crippen LogP contribution in [0.5, 0.6) is 0 Å². The van der Waals surface area contributed by atoms with Crippen LogP contribution < -0.4 is 16.0 Å². The number of hydrogen-bond acceptors (Lipinski definition) is 4. The van der Waals surface area contributed by atoms with Gasteiger partial charge in [-0.2, -0.15) is 0 Å². The molecule has 1 fully saturated rings.